The number of aliphatic hydroxyl groups is 1. The minimum Gasteiger partial charge on any atom is -0.444 e. The summed E-state index contributed by atoms with van der Waals surface area (Å²) in [5, 5.41) is 12.8. The van der Waals surface area contributed by atoms with E-state index < -0.39 is 27.6 Å². The highest BCUT2D eigenvalue weighted by Crippen LogP contribution is 2.13. The van der Waals surface area contributed by atoms with Gasteiger partial charge >= 0.3 is 6.09 Å². The zero-order valence-corrected chi connectivity index (χ0v) is 15.4. The second-order valence-electron chi connectivity index (χ2n) is 7.16. The number of hydrogen-bond acceptors (Lipinski definition) is 6. The molecule has 1 amide bonds. The third-order valence-electron chi connectivity index (χ3n) is 3.51. The molecule has 136 valence electrons. The third-order valence-corrected chi connectivity index (χ3v) is 5.22. The van der Waals surface area contributed by atoms with E-state index >= 15 is 0 Å². The van der Waals surface area contributed by atoms with Gasteiger partial charge in [-0.05, 0) is 40.5 Å². The summed E-state index contributed by atoms with van der Waals surface area (Å²) >= 11 is 0. The maximum Gasteiger partial charge on any atom is 0.410 e. The Labute approximate surface area is 139 Å². The van der Waals surface area contributed by atoms with Gasteiger partial charge in [0, 0.05) is 25.7 Å². The van der Waals surface area contributed by atoms with Crippen molar-refractivity contribution in [1.29, 1.82) is 0 Å². The number of hydrogen-bond donors (Lipinski definition) is 2. The molecule has 23 heavy (non-hydrogen) atoms. The fourth-order valence-electron chi connectivity index (χ4n) is 2.40. The quantitative estimate of drug-likeness (QED) is 0.735. The summed E-state index contributed by atoms with van der Waals surface area (Å²) in [5.41, 5.74) is -0.584. The molecule has 0 aromatic heterocycles. The first kappa shape index (κ1) is 20.2. The fraction of sp³-hybridized carbons (Fsp3) is 0.933. The first-order valence-corrected chi connectivity index (χ1v) is 9.90. The van der Waals surface area contributed by atoms with Gasteiger partial charge in [0.25, 0.3) is 0 Å². The van der Waals surface area contributed by atoms with E-state index in [0.717, 1.165) is 0 Å². The van der Waals surface area contributed by atoms with Gasteiger partial charge in [0.1, 0.15) is 15.4 Å². The lowest BCUT2D eigenvalue weighted by atomic mass is 10.1. The predicted octanol–water partition coefficient (Wildman–Crippen LogP) is 0.771. The monoisotopic (exact) mass is 350 g/mol. The summed E-state index contributed by atoms with van der Waals surface area (Å²) in [7, 11) is -2.86. The SMILES string of the molecule is CC(O)CN(CCNC1CCS(=O)(=O)CC1)C(=O)OC(C)(C)C. The molecule has 1 rings (SSSR count). The number of amides is 1. The van der Waals surface area contributed by atoms with Gasteiger partial charge in [-0.3, -0.25) is 0 Å². The maximum absolute atomic E-state index is 12.1. The van der Waals surface area contributed by atoms with Crippen LogP contribution in [0.2, 0.25) is 0 Å². The molecule has 7 nitrogen and oxygen atoms in total. The highest BCUT2D eigenvalue weighted by atomic mass is 32.2. The molecule has 1 saturated heterocycles. The van der Waals surface area contributed by atoms with Gasteiger partial charge in [0.2, 0.25) is 0 Å². The van der Waals surface area contributed by atoms with Crippen molar-refractivity contribution in [2.24, 2.45) is 0 Å². The van der Waals surface area contributed by atoms with Crippen molar-refractivity contribution in [2.45, 2.75) is 58.3 Å². The van der Waals surface area contributed by atoms with Crippen LogP contribution < -0.4 is 5.32 Å². The Morgan fingerprint density at radius 1 is 1.35 bits per heavy atom. The van der Waals surface area contributed by atoms with Crippen LogP contribution in [0.25, 0.3) is 0 Å². The molecule has 0 aliphatic carbocycles. The van der Waals surface area contributed by atoms with E-state index in [0.29, 0.717) is 25.9 Å². The Hall–Kier alpha value is -0.860. The van der Waals surface area contributed by atoms with Crippen LogP contribution in [0.3, 0.4) is 0 Å². The smallest absolute Gasteiger partial charge is 0.410 e. The molecule has 1 aliphatic rings. The molecule has 1 fully saturated rings. The molecule has 0 aromatic rings. The van der Waals surface area contributed by atoms with E-state index in [2.05, 4.69) is 5.32 Å². The highest BCUT2D eigenvalue weighted by molar-refractivity contribution is 7.91. The lowest BCUT2D eigenvalue weighted by molar-refractivity contribution is 0.0163. The highest BCUT2D eigenvalue weighted by Gasteiger charge is 2.25. The van der Waals surface area contributed by atoms with E-state index in [-0.39, 0.29) is 24.1 Å². The molecule has 1 atom stereocenters. The van der Waals surface area contributed by atoms with Gasteiger partial charge in [-0.25, -0.2) is 13.2 Å². The molecule has 0 aromatic carbocycles. The van der Waals surface area contributed by atoms with Gasteiger partial charge in [0.05, 0.1) is 17.6 Å². The van der Waals surface area contributed by atoms with Crippen LogP contribution in [0.4, 0.5) is 4.79 Å². The van der Waals surface area contributed by atoms with Crippen LogP contribution in [-0.4, -0.2) is 73.4 Å². The van der Waals surface area contributed by atoms with Gasteiger partial charge in [-0.15, -0.1) is 0 Å². The topological polar surface area (TPSA) is 95.9 Å². The zero-order valence-electron chi connectivity index (χ0n) is 14.5. The molecule has 1 aliphatic heterocycles. The Balaban J connectivity index is 2.44. The molecule has 0 radical (unpaired) electrons. The van der Waals surface area contributed by atoms with E-state index in [9.17, 15) is 18.3 Å². The summed E-state index contributed by atoms with van der Waals surface area (Å²) in [6.07, 6.45) is 0.116. The molecule has 8 heteroatoms. The van der Waals surface area contributed by atoms with E-state index in [1.54, 1.807) is 27.7 Å². The molecule has 0 bridgehead atoms. The van der Waals surface area contributed by atoms with Gasteiger partial charge in [-0.1, -0.05) is 0 Å². The van der Waals surface area contributed by atoms with Crippen LogP contribution in [0, 0.1) is 0 Å². The number of carbonyl (C=O) groups excluding carboxylic acids is 1. The number of nitrogens with zero attached hydrogens (tertiary/aromatic N) is 1. The summed E-state index contributed by atoms with van der Waals surface area (Å²) < 4.78 is 28.1. The summed E-state index contributed by atoms with van der Waals surface area (Å²) in [6.45, 7) is 8.16. The van der Waals surface area contributed by atoms with Crippen molar-refractivity contribution >= 4 is 15.9 Å². The van der Waals surface area contributed by atoms with Crippen molar-refractivity contribution < 1.29 is 23.1 Å². The number of aliphatic hydroxyl groups excluding tert-OH is 1. The minimum absolute atomic E-state index is 0.158. The van der Waals surface area contributed by atoms with E-state index in [1.807, 2.05) is 0 Å². The maximum atomic E-state index is 12.1. The predicted molar refractivity (Wildman–Crippen MR) is 89.2 cm³/mol. The van der Waals surface area contributed by atoms with Gasteiger partial charge in [0.15, 0.2) is 0 Å². The van der Waals surface area contributed by atoms with Crippen molar-refractivity contribution in [3.8, 4) is 0 Å². The normalized spacial score (nSPS) is 20.0. The van der Waals surface area contributed by atoms with Gasteiger partial charge in [-0.2, -0.15) is 0 Å². The second-order valence-corrected chi connectivity index (χ2v) is 9.46. The first-order valence-electron chi connectivity index (χ1n) is 8.08. The van der Waals surface area contributed by atoms with Crippen LogP contribution in [-0.2, 0) is 14.6 Å². The average Bonchev–Trinajstić information content (AvgIpc) is 2.37. The Morgan fingerprint density at radius 2 is 1.91 bits per heavy atom. The van der Waals surface area contributed by atoms with E-state index in [4.69, 9.17) is 4.74 Å². The Bertz CT molecular complexity index is 471. The largest absolute Gasteiger partial charge is 0.444 e. The van der Waals surface area contributed by atoms with Crippen LogP contribution in [0.15, 0.2) is 0 Å². The summed E-state index contributed by atoms with van der Waals surface area (Å²) in [4.78, 5) is 13.6. The van der Waals surface area contributed by atoms with Crippen LogP contribution in [0.5, 0.6) is 0 Å². The third kappa shape index (κ3) is 8.53. The summed E-state index contributed by atoms with van der Waals surface area (Å²) in [5.74, 6) is 0.433. The van der Waals surface area contributed by atoms with Gasteiger partial charge < -0.3 is 20.1 Å². The van der Waals surface area contributed by atoms with Crippen molar-refractivity contribution in [3.63, 3.8) is 0 Å². The number of rotatable bonds is 6. The molecular weight excluding hydrogens is 320 g/mol. The van der Waals surface area contributed by atoms with Crippen LogP contribution in [0.1, 0.15) is 40.5 Å². The Morgan fingerprint density at radius 3 is 2.39 bits per heavy atom. The molecule has 0 saturated carbocycles. The van der Waals surface area contributed by atoms with Crippen molar-refractivity contribution in [1.82, 2.24) is 10.2 Å². The minimum atomic E-state index is -2.86. The standard InChI is InChI=1S/C15H30N2O5S/c1-12(18)11-17(14(19)22-15(2,3)4)8-7-16-13-5-9-23(20,21)10-6-13/h12-13,16,18H,5-11H2,1-4H3. The van der Waals surface area contributed by atoms with Crippen molar-refractivity contribution in [3.05, 3.63) is 0 Å². The fourth-order valence-corrected chi connectivity index (χ4v) is 3.89. The molecule has 1 heterocycles. The average molecular weight is 350 g/mol. The lowest BCUT2D eigenvalue weighted by Gasteiger charge is -2.29. The van der Waals surface area contributed by atoms with Crippen molar-refractivity contribution in [2.75, 3.05) is 31.1 Å². The molecule has 2 N–H and O–H groups in total. The first-order chi connectivity index (χ1) is 10.5. The second kappa shape index (κ2) is 8.30. The number of nitrogens with one attached hydrogen (secondary N) is 1. The number of ether oxygens (including phenoxy) is 1. The molecule has 1 unspecified atom stereocenters. The molecule has 0 spiro atoms. The molecular formula is C15H30N2O5S. The number of carbonyl (C=O) groups is 1. The zero-order chi connectivity index (χ0) is 17.7. The lowest BCUT2D eigenvalue weighted by Crippen LogP contribution is -2.46. The van der Waals surface area contributed by atoms with Crippen LogP contribution >= 0.6 is 0 Å². The number of sulfone groups is 1. The summed E-state index contributed by atoms with van der Waals surface area (Å²) in [6, 6.07) is 0.158. The van der Waals surface area contributed by atoms with E-state index in [1.165, 1.54) is 4.90 Å². The Kier molecular flexibility index (Phi) is 7.29.